The molecule has 0 spiro atoms. The predicted molar refractivity (Wildman–Crippen MR) is 159 cm³/mol. The van der Waals surface area contributed by atoms with Crippen LogP contribution in [0.2, 0.25) is 0 Å². The molecule has 2 aliphatic rings. The molecular formula is C31H27F3N8O2S. The third-order valence-corrected chi connectivity index (χ3v) is 9.39. The molecule has 5 heterocycles. The number of nitrogens with zero attached hydrogens (tertiary/aromatic N) is 6. The fraction of sp³-hybridized carbons (Fsp3) is 0.290. The van der Waals surface area contributed by atoms with Crippen LogP contribution in [0, 0.1) is 11.8 Å². The van der Waals surface area contributed by atoms with Gasteiger partial charge in [0.1, 0.15) is 11.6 Å². The van der Waals surface area contributed by atoms with E-state index >= 15 is 0 Å². The average Bonchev–Trinajstić information content (AvgIpc) is 3.50. The lowest BCUT2D eigenvalue weighted by atomic mass is 9.96. The molecule has 1 aromatic carbocycles. The number of anilines is 1. The van der Waals surface area contributed by atoms with Gasteiger partial charge in [-0.15, -0.1) is 0 Å². The number of carbonyl (C=O) groups excluding carboxylic acids is 1. The molecule has 1 saturated heterocycles. The van der Waals surface area contributed by atoms with Gasteiger partial charge in [0.2, 0.25) is 5.95 Å². The van der Waals surface area contributed by atoms with Crippen molar-refractivity contribution in [3.8, 4) is 0 Å². The lowest BCUT2D eigenvalue weighted by Gasteiger charge is -2.25. The number of ether oxygens (including phenoxy) is 1. The Morgan fingerprint density at radius 1 is 1.02 bits per heavy atom. The number of nitrogens with one attached hydrogen (secondary N) is 2. The summed E-state index contributed by atoms with van der Waals surface area (Å²) in [5.74, 6) is 1.09. The second-order valence-corrected chi connectivity index (χ2v) is 12.1. The number of pyridine rings is 2. The summed E-state index contributed by atoms with van der Waals surface area (Å²) in [6.07, 6.45) is 0.0828. The van der Waals surface area contributed by atoms with Crippen LogP contribution in [0.15, 0.2) is 89.2 Å². The van der Waals surface area contributed by atoms with E-state index in [2.05, 4.69) is 40.1 Å². The molecule has 1 aliphatic carbocycles. The van der Waals surface area contributed by atoms with Gasteiger partial charge in [0.05, 0.1) is 6.20 Å². The van der Waals surface area contributed by atoms with E-state index in [9.17, 15) is 18.0 Å². The van der Waals surface area contributed by atoms with E-state index in [1.54, 1.807) is 6.20 Å². The van der Waals surface area contributed by atoms with Gasteiger partial charge in [-0.05, 0) is 48.1 Å². The van der Waals surface area contributed by atoms with Crippen molar-refractivity contribution in [3.63, 3.8) is 0 Å². The number of H-pyrrole nitrogens is 1. The lowest BCUT2D eigenvalue weighted by molar-refractivity contribution is -0.143. The molecule has 7 rings (SSSR count). The first kappa shape index (κ1) is 29.0. The molecular weight excluding hydrogens is 605 g/mol. The van der Waals surface area contributed by atoms with Crippen molar-refractivity contribution in [3.05, 3.63) is 96.2 Å². The van der Waals surface area contributed by atoms with E-state index in [0.717, 1.165) is 35.6 Å². The number of amides is 1. The second kappa shape index (κ2) is 11.7. The number of piperidine rings is 1. The number of hydrogen-bond acceptors (Lipinski definition) is 9. The predicted octanol–water partition coefficient (Wildman–Crippen LogP) is 5.63. The fourth-order valence-electron chi connectivity index (χ4n) is 6.29. The fourth-order valence-corrected chi connectivity index (χ4v) is 7.17. The normalized spacial score (nSPS) is 20.9. The maximum absolute atomic E-state index is 13.4. The molecule has 1 aliphatic heterocycles. The van der Waals surface area contributed by atoms with E-state index in [1.807, 2.05) is 48.5 Å². The van der Waals surface area contributed by atoms with Crippen molar-refractivity contribution in [2.45, 2.75) is 34.5 Å². The van der Waals surface area contributed by atoms with Gasteiger partial charge in [-0.3, -0.25) is 9.97 Å². The number of fused-ring (bicyclic) bond motifs is 2. The summed E-state index contributed by atoms with van der Waals surface area (Å²) in [6.45, 7) is 1.94. The molecule has 5 aromatic rings. The van der Waals surface area contributed by atoms with Crippen molar-refractivity contribution >= 4 is 35.1 Å². The summed E-state index contributed by atoms with van der Waals surface area (Å²) >= 11 is 0.840. The number of alkyl carbamates (subject to hydrolysis) is 1. The molecule has 14 heteroatoms. The van der Waals surface area contributed by atoms with Gasteiger partial charge in [0.25, 0.3) is 0 Å². The topological polar surface area (TPSA) is 122 Å². The van der Waals surface area contributed by atoms with Gasteiger partial charge >= 0.3 is 12.3 Å². The van der Waals surface area contributed by atoms with Crippen LogP contribution in [0.1, 0.15) is 23.4 Å². The molecule has 0 bridgehead atoms. The minimum Gasteiger partial charge on any atom is -0.445 e. The SMILES string of the molecule is O=C(NCC1(c2ccccn2)C2CCN(c3nc4nc(Sc5cccnc5C(F)(F)F)cnc4[nH]3)CC21)OCc1ccccc1. The Morgan fingerprint density at radius 2 is 1.84 bits per heavy atom. The zero-order chi connectivity index (χ0) is 31.0. The van der Waals surface area contributed by atoms with Crippen LogP contribution in [-0.4, -0.2) is 55.6 Å². The Kier molecular flexibility index (Phi) is 7.51. The third-order valence-electron chi connectivity index (χ3n) is 8.43. The number of aromatic nitrogens is 6. The van der Waals surface area contributed by atoms with Crippen LogP contribution < -0.4 is 10.2 Å². The first-order chi connectivity index (χ1) is 21.8. The van der Waals surface area contributed by atoms with E-state index in [0.29, 0.717) is 42.8 Å². The monoisotopic (exact) mass is 632 g/mol. The zero-order valence-electron chi connectivity index (χ0n) is 23.7. The van der Waals surface area contributed by atoms with Crippen LogP contribution in [0.25, 0.3) is 11.3 Å². The second-order valence-electron chi connectivity index (χ2n) is 11.0. The lowest BCUT2D eigenvalue weighted by Crippen LogP contribution is -2.36. The molecule has 10 nitrogen and oxygen atoms in total. The minimum absolute atomic E-state index is 0.0615. The summed E-state index contributed by atoms with van der Waals surface area (Å²) in [4.78, 5) is 39.6. The maximum atomic E-state index is 13.4. The van der Waals surface area contributed by atoms with Gasteiger partial charge in [0, 0.05) is 48.0 Å². The van der Waals surface area contributed by atoms with Gasteiger partial charge in [-0.25, -0.2) is 14.8 Å². The van der Waals surface area contributed by atoms with Crippen molar-refractivity contribution in [2.24, 2.45) is 11.8 Å². The summed E-state index contributed by atoms with van der Waals surface area (Å²) < 4.78 is 45.8. The van der Waals surface area contributed by atoms with Gasteiger partial charge < -0.3 is 19.9 Å². The van der Waals surface area contributed by atoms with Gasteiger partial charge in [0.15, 0.2) is 17.0 Å². The third kappa shape index (κ3) is 5.77. The molecule has 1 amide bonds. The van der Waals surface area contributed by atoms with E-state index in [4.69, 9.17) is 4.74 Å². The molecule has 0 radical (unpaired) electrons. The van der Waals surface area contributed by atoms with Crippen LogP contribution in [-0.2, 0) is 22.9 Å². The number of benzene rings is 1. The molecule has 1 saturated carbocycles. The van der Waals surface area contributed by atoms with Crippen LogP contribution in [0.5, 0.6) is 0 Å². The number of halogens is 3. The van der Waals surface area contributed by atoms with Crippen molar-refractivity contribution < 1.29 is 22.7 Å². The Bertz CT molecular complexity index is 1820. The summed E-state index contributed by atoms with van der Waals surface area (Å²) in [7, 11) is 0. The van der Waals surface area contributed by atoms with E-state index in [-0.39, 0.29) is 27.9 Å². The Hall–Kier alpha value is -4.72. The number of carbonyl (C=O) groups is 1. The van der Waals surface area contributed by atoms with Crippen LogP contribution >= 0.6 is 11.8 Å². The maximum Gasteiger partial charge on any atom is 0.434 e. The molecule has 4 aromatic heterocycles. The van der Waals surface area contributed by atoms with Crippen molar-refractivity contribution in [2.75, 3.05) is 24.5 Å². The van der Waals surface area contributed by atoms with Crippen molar-refractivity contribution in [1.29, 1.82) is 0 Å². The van der Waals surface area contributed by atoms with E-state index < -0.39 is 18.0 Å². The highest BCUT2D eigenvalue weighted by atomic mass is 32.2. The van der Waals surface area contributed by atoms with Gasteiger partial charge in [-0.2, -0.15) is 18.2 Å². The first-order valence-electron chi connectivity index (χ1n) is 14.3. The minimum atomic E-state index is -4.59. The average molecular weight is 633 g/mol. The van der Waals surface area contributed by atoms with Crippen LogP contribution in [0.4, 0.5) is 23.9 Å². The largest absolute Gasteiger partial charge is 0.445 e. The zero-order valence-corrected chi connectivity index (χ0v) is 24.6. The summed E-state index contributed by atoms with van der Waals surface area (Å²) in [6, 6.07) is 18.1. The summed E-state index contributed by atoms with van der Waals surface area (Å²) in [5, 5.41) is 3.26. The number of aromatic amines is 1. The Balaban J connectivity index is 1.06. The number of rotatable bonds is 8. The standard InChI is InChI=1S/C31H27F3N8O2S/c32-31(33,34)25-22(9-6-13-36-25)45-24-15-37-26-27(39-24)41-28(40-26)42-14-11-20-21(16-42)30(20,23-10-4-5-12-35-23)18-38-29(43)44-17-19-7-2-1-3-8-19/h1-10,12-13,15,20-21H,11,14,16-18H2,(H,38,43)(H,37,39,40,41). The van der Waals surface area contributed by atoms with E-state index in [1.165, 1.54) is 18.3 Å². The highest BCUT2D eigenvalue weighted by molar-refractivity contribution is 7.99. The first-order valence-corrected chi connectivity index (χ1v) is 15.2. The smallest absolute Gasteiger partial charge is 0.434 e. The Morgan fingerprint density at radius 3 is 2.64 bits per heavy atom. The number of hydrogen-bond donors (Lipinski definition) is 2. The highest BCUT2D eigenvalue weighted by Crippen LogP contribution is 2.62. The van der Waals surface area contributed by atoms with Crippen molar-refractivity contribution in [1.82, 2.24) is 35.2 Å². The quantitative estimate of drug-likeness (QED) is 0.224. The Labute approximate surface area is 259 Å². The molecule has 3 unspecified atom stereocenters. The number of imidazole rings is 1. The highest BCUT2D eigenvalue weighted by Gasteiger charge is 2.67. The molecule has 3 atom stereocenters. The molecule has 2 fully saturated rings. The molecule has 230 valence electrons. The number of alkyl halides is 3. The van der Waals surface area contributed by atoms with Gasteiger partial charge in [-0.1, -0.05) is 48.2 Å². The molecule has 2 N–H and O–H groups in total. The van der Waals surface area contributed by atoms with Crippen LogP contribution in [0.3, 0.4) is 0 Å². The summed E-state index contributed by atoms with van der Waals surface area (Å²) in [5.41, 5.74) is 1.26. The molecule has 45 heavy (non-hydrogen) atoms.